The summed E-state index contributed by atoms with van der Waals surface area (Å²) in [6.45, 7) is 21.3. The highest BCUT2D eigenvalue weighted by Crippen LogP contribution is 2.76. The van der Waals surface area contributed by atoms with Gasteiger partial charge in [-0.05, 0) is 156 Å². The third-order valence-corrected chi connectivity index (χ3v) is 16.7. The smallest absolute Gasteiger partial charge is 0.309 e. The number of aromatic nitrogens is 1. The Hall–Kier alpha value is -2.29. The fourth-order valence-electron chi connectivity index (χ4n) is 13.2. The van der Waals surface area contributed by atoms with Crippen LogP contribution in [0.1, 0.15) is 132 Å². The molecule has 4 fully saturated rings. The average Bonchev–Trinajstić information content (AvgIpc) is 3.40. The van der Waals surface area contributed by atoms with Gasteiger partial charge in [0.25, 0.3) is 0 Å². The molecule has 0 saturated heterocycles. The number of nitrogens with zero attached hydrogens (tertiary/aromatic N) is 3. The molecule has 55 heavy (non-hydrogen) atoms. The second kappa shape index (κ2) is 15.5. The number of carbonyl (C=O) groups excluding carboxylic acids is 2. The molecule has 1 N–H and O–H groups in total. The van der Waals surface area contributed by atoms with Crippen LogP contribution in [0.2, 0.25) is 5.02 Å². The number of rotatable bonds is 13. The number of likely N-dealkylation sites (N-methyl/N-ethyl adjacent to an activating group) is 1. The van der Waals surface area contributed by atoms with Crippen molar-refractivity contribution in [2.75, 3.05) is 33.7 Å². The fourth-order valence-corrected chi connectivity index (χ4v) is 13.3. The first kappa shape index (κ1) is 42.3. The molecule has 3 unspecified atom stereocenters. The van der Waals surface area contributed by atoms with Crippen molar-refractivity contribution in [1.82, 2.24) is 14.8 Å². The Bertz CT molecular complexity index is 1660. The van der Waals surface area contributed by atoms with Crippen molar-refractivity contribution in [2.24, 2.45) is 56.7 Å². The normalized spacial score (nSPS) is 36.1. The topological polar surface area (TPSA) is 100 Å². The molecule has 4 saturated carbocycles. The van der Waals surface area contributed by atoms with E-state index in [-0.39, 0.29) is 46.0 Å². The average molecular weight is 781 g/mol. The Morgan fingerprint density at radius 1 is 1.00 bits per heavy atom. The number of ether oxygens (including phenoxy) is 1. The Labute approximate surface area is 336 Å². The largest absolute Gasteiger partial charge is 0.481 e. The van der Waals surface area contributed by atoms with Crippen molar-refractivity contribution in [1.29, 1.82) is 0 Å². The Morgan fingerprint density at radius 3 is 2.36 bits per heavy atom. The molecule has 1 heterocycles. The predicted molar refractivity (Wildman–Crippen MR) is 218 cm³/mol. The van der Waals surface area contributed by atoms with Crippen LogP contribution in [0, 0.1) is 56.7 Å². The molecule has 0 spiro atoms. The van der Waals surface area contributed by atoms with Crippen molar-refractivity contribution in [2.45, 2.75) is 139 Å². The zero-order chi connectivity index (χ0) is 40.3. The molecule has 0 bridgehead atoms. The summed E-state index contributed by atoms with van der Waals surface area (Å²) in [7, 11) is 4.25. The summed E-state index contributed by atoms with van der Waals surface area (Å²) in [5.74, 6) is 0.892. The highest BCUT2D eigenvalue weighted by atomic mass is 35.5. The van der Waals surface area contributed by atoms with Crippen molar-refractivity contribution in [3.63, 3.8) is 0 Å². The molecule has 0 radical (unpaired) electrons. The first-order valence-electron chi connectivity index (χ1n) is 21.4. The molecule has 0 aliphatic heterocycles. The highest BCUT2D eigenvalue weighted by Gasteiger charge is 2.69. The van der Waals surface area contributed by atoms with Gasteiger partial charge in [0.2, 0.25) is 0 Å². The lowest BCUT2D eigenvalue weighted by atomic mass is 9.34. The van der Waals surface area contributed by atoms with Crippen LogP contribution in [0.5, 0.6) is 0 Å². The number of carboxylic acids is 1. The van der Waals surface area contributed by atoms with E-state index in [0.29, 0.717) is 35.0 Å². The first-order valence-corrected chi connectivity index (χ1v) is 21.7. The molecule has 0 amide bonds. The number of allylic oxidation sites excluding steroid dienone is 2. The Balaban J connectivity index is 1.24. The fraction of sp³-hybridized carbons (Fsp3) is 0.783. The van der Waals surface area contributed by atoms with E-state index in [4.69, 9.17) is 16.3 Å². The zero-order valence-electron chi connectivity index (χ0n) is 35.6. The van der Waals surface area contributed by atoms with E-state index in [1.807, 2.05) is 12.1 Å². The molecule has 9 atom stereocenters. The van der Waals surface area contributed by atoms with Gasteiger partial charge in [-0.25, -0.2) is 0 Å². The lowest BCUT2D eigenvalue weighted by molar-refractivity contribution is -0.216. The number of ketones is 1. The molecule has 9 heteroatoms. The predicted octanol–water partition coefficient (Wildman–Crippen LogP) is 9.49. The second-order valence-corrected chi connectivity index (χ2v) is 21.1. The van der Waals surface area contributed by atoms with E-state index < -0.39 is 17.4 Å². The minimum absolute atomic E-state index is 0.0827. The maximum absolute atomic E-state index is 14.2. The Kier molecular flexibility index (Phi) is 11.9. The van der Waals surface area contributed by atoms with Gasteiger partial charge in [-0.3, -0.25) is 24.3 Å². The number of esters is 1. The lowest BCUT2D eigenvalue weighted by Crippen LogP contribution is -2.64. The number of hydrogen-bond acceptors (Lipinski definition) is 7. The monoisotopic (exact) mass is 780 g/mol. The summed E-state index contributed by atoms with van der Waals surface area (Å²) >= 11 is 6.19. The molecule has 5 aliphatic carbocycles. The summed E-state index contributed by atoms with van der Waals surface area (Å²) < 4.78 is 6.10. The van der Waals surface area contributed by atoms with Crippen LogP contribution in [0.4, 0.5) is 0 Å². The van der Waals surface area contributed by atoms with E-state index in [9.17, 15) is 19.5 Å². The maximum atomic E-state index is 14.2. The minimum Gasteiger partial charge on any atom is -0.481 e. The Morgan fingerprint density at radius 2 is 1.73 bits per heavy atom. The van der Waals surface area contributed by atoms with Gasteiger partial charge in [0.15, 0.2) is 5.78 Å². The van der Waals surface area contributed by atoms with E-state index >= 15 is 0 Å². The maximum Gasteiger partial charge on any atom is 0.309 e. The summed E-state index contributed by atoms with van der Waals surface area (Å²) in [6.07, 6.45) is 11.8. The van der Waals surface area contributed by atoms with Gasteiger partial charge < -0.3 is 14.7 Å². The van der Waals surface area contributed by atoms with Crippen LogP contribution in [-0.4, -0.2) is 77.4 Å². The van der Waals surface area contributed by atoms with Crippen LogP contribution in [0.15, 0.2) is 29.5 Å². The van der Waals surface area contributed by atoms with E-state index in [1.165, 1.54) is 6.42 Å². The number of fused-ring (bicyclic) bond motifs is 7. The van der Waals surface area contributed by atoms with Crippen LogP contribution in [0.3, 0.4) is 0 Å². The molecule has 0 aromatic carbocycles. The zero-order valence-corrected chi connectivity index (χ0v) is 36.4. The number of carboxylic acid groups (broad SMARTS) is 1. The van der Waals surface area contributed by atoms with Gasteiger partial charge in [0.1, 0.15) is 6.10 Å². The van der Waals surface area contributed by atoms with Gasteiger partial charge in [0, 0.05) is 37.7 Å². The van der Waals surface area contributed by atoms with Crippen molar-refractivity contribution in [3.05, 3.63) is 40.2 Å². The lowest BCUT2D eigenvalue weighted by Gasteiger charge is -2.71. The van der Waals surface area contributed by atoms with Crippen LogP contribution >= 0.6 is 11.6 Å². The van der Waals surface area contributed by atoms with Gasteiger partial charge in [0.05, 0.1) is 22.6 Å². The minimum atomic E-state index is -1.14. The SMILES string of the molecule is CC(C)C1=C2[C@H]3CCC4[C@@]5(C)CC[C@H](OC(=O)CC(C)(C)C(=O)O)C(C)C5CC[C@@]4(C)[C@]3(C)CC[C@@]2(CCN(CCN(C)C)Cc2ccc(Cl)cn2)CC1=O. The van der Waals surface area contributed by atoms with Crippen LogP contribution < -0.4 is 0 Å². The van der Waals surface area contributed by atoms with Crippen molar-refractivity contribution < 1.29 is 24.2 Å². The number of hydrogen-bond donors (Lipinski definition) is 1. The molecule has 8 nitrogen and oxygen atoms in total. The van der Waals surface area contributed by atoms with Crippen molar-refractivity contribution in [3.8, 4) is 0 Å². The van der Waals surface area contributed by atoms with Crippen molar-refractivity contribution >= 4 is 29.3 Å². The number of Topliss-reactive ketones (excluding diaryl/α,β-unsaturated/α-hetero) is 1. The van der Waals surface area contributed by atoms with Gasteiger partial charge in [-0.15, -0.1) is 0 Å². The second-order valence-electron chi connectivity index (χ2n) is 20.6. The summed E-state index contributed by atoms with van der Waals surface area (Å²) in [5, 5.41) is 10.3. The van der Waals surface area contributed by atoms with Gasteiger partial charge >= 0.3 is 11.9 Å². The molecule has 1 aromatic heterocycles. The summed E-state index contributed by atoms with van der Waals surface area (Å²) in [4.78, 5) is 48.4. The van der Waals surface area contributed by atoms with Crippen LogP contribution in [0.25, 0.3) is 0 Å². The first-order chi connectivity index (χ1) is 25.7. The van der Waals surface area contributed by atoms with E-state index in [0.717, 1.165) is 88.8 Å². The molecule has 1 aromatic rings. The standard InChI is InChI=1S/C46H70ClN3O5/c1-29(2)39-35(51)25-46(21-22-50(24-23-49(9)10)28-32-12-11-31(47)27-48-32)20-19-44(7)34(40(39)46)13-14-37-43(6)17-16-36(30(3)33(43)15-18-45(37,44)8)55-38(52)26-42(4,5)41(53)54/h11-12,27,29-30,33-34,36-37H,13-26,28H2,1-10H3,(H,53,54)/t30?,33?,34-,36+,37?,43+,44-,45-,46-/m1/s1. The molecule has 5 aliphatic rings. The third kappa shape index (κ3) is 7.59. The van der Waals surface area contributed by atoms with E-state index in [1.54, 1.807) is 25.6 Å². The van der Waals surface area contributed by atoms with E-state index in [2.05, 4.69) is 70.4 Å². The van der Waals surface area contributed by atoms with Gasteiger partial charge in [-0.1, -0.05) is 58.7 Å². The number of carbonyl (C=O) groups is 3. The summed E-state index contributed by atoms with van der Waals surface area (Å²) in [5.41, 5.74) is 2.87. The molecule has 6 rings (SSSR count). The number of pyridine rings is 1. The summed E-state index contributed by atoms with van der Waals surface area (Å²) in [6, 6.07) is 3.96. The highest BCUT2D eigenvalue weighted by molar-refractivity contribution is 6.30. The molecule has 306 valence electrons. The molecular formula is C46H70ClN3O5. The number of aliphatic carboxylic acids is 1. The molecular weight excluding hydrogens is 710 g/mol. The quantitative estimate of drug-likeness (QED) is 0.198. The number of halogens is 1. The van der Waals surface area contributed by atoms with Crippen LogP contribution in [-0.2, 0) is 25.7 Å². The van der Waals surface area contributed by atoms with Gasteiger partial charge in [-0.2, -0.15) is 0 Å². The third-order valence-electron chi connectivity index (χ3n) is 16.5.